The van der Waals surface area contributed by atoms with Gasteiger partial charge in [0.05, 0.1) is 22.1 Å². The van der Waals surface area contributed by atoms with E-state index in [-0.39, 0.29) is 18.5 Å². The number of thioether (sulfide) groups is 1. The highest BCUT2D eigenvalue weighted by Gasteiger charge is 2.31. The number of likely N-dealkylation sites (tertiary alicyclic amines) is 1. The van der Waals surface area contributed by atoms with Crippen molar-refractivity contribution in [1.82, 2.24) is 20.2 Å². The molecule has 4 rings (SSSR count). The molecule has 10 heteroatoms. The molecule has 1 aromatic heterocycles. The van der Waals surface area contributed by atoms with Crippen molar-refractivity contribution in [2.45, 2.75) is 24.5 Å². The lowest BCUT2D eigenvalue weighted by Gasteiger charge is -2.22. The first-order valence-corrected chi connectivity index (χ1v) is 11.1. The number of anilines is 1. The van der Waals surface area contributed by atoms with E-state index in [0.29, 0.717) is 40.0 Å². The van der Waals surface area contributed by atoms with E-state index in [2.05, 4.69) is 20.6 Å². The molecule has 2 fully saturated rings. The number of rotatable bonds is 5. The van der Waals surface area contributed by atoms with Gasteiger partial charge in [0.1, 0.15) is 12.1 Å². The highest BCUT2D eigenvalue weighted by atomic mass is 35.5. The molecule has 3 heterocycles. The minimum absolute atomic E-state index is 0.0428. The summed E-state index contributed by atoms with van der Waals surface area (Å²) in [6, 6.07) is 4.25. The van der Waals surface area contributed by atoms with Crippen LogP contribution in [0.1, 0.15) is 6.42 Å². The van der Waals surface area contributed by atoms with Crippen LogP contribution in [0.5, 0.6) is 0 Å². The third-order valence-electron chi connectivity index (χ3n) is 5.20. The molecule has 0 saturated carbocycles. The summed E-state index contributed by atoms with van der Waals surface area (Å²) in [6.07, 6.45) is 2.39. The second-order valence-electron chi connectivity index (χ2n) is 7.16. The number of amides is 1. The van der Waals surface area contributed by atoms with Gasteiger partial charge in [-0.1, -0.05) is 23.2 Å². The van der Waals surface area contributed by atoms with E-state index in [0.717, 1.165) is 29.9 Å². The van der Waals surface area contributed by atoms with E-state index in [1.165, 1.54) is 6.33 Å². The van der Waals surface area contributed by atoms with Crippen LogP contribution in [0.15, 0.2) is 18.5 Å². The fourth-order valence-electron chi connectivity index (χ4n) is 3.63. The Hall–Kier alpha value is -1.32. The highest BCUT2D eigenvalue weighted by Crippen LogP contribution is 2.29. The molecule has 2 saturated heterocycles. The Morgan fingerprint density at radius 2 is 2.11 bits per heavy atom. The molecule has 1 amide bonds. The molecule has 0 bridgehead atoms. The topological polar surface area (TPSA) is 96.2 Å². The van der Waals surface area contributed by atoms with E-state index in [9.17, 15) is 4.79 Å². The maximum atomic E-state index is 12.6. The van der Waals surface area contributed by atoms with Crippen molar-refractivity contribution in [3.63, 3.8) is 0 Å². The number of aromatic nitrogens is 2. The summed E-state index contributed by atoms with van der Waals surface area (Å²) in [4.78, 5) is 23.0. The number of hydrogen-bond donors (Lipinski definition) is 3. The monoisotopic (exact) mass is 440 g/mol. The second kappa shape index (κ2) is 8.59. The van der Waals surface area contributed by atoms with Gasteiger partial charge in [0.15, 0.2) is 0 Å². The van der Waals surface area contributed by atoms with Gasteiger partial charge in [-0.25, -0.2) is 9.97 Å². The molecule has 0 spiro atoms. The molecule has 1 aromatic carbocycles. The molecule has 4 N–H and O–H groups in total. The zero-order valence-corrected chi connectivity index (χ0v) is 17.5. The summed E-state index contributed by atoms with van der Waals surface area (Å²) >= 11 is 14.0. The van der Waals surface area contributed by atoms with Crippen LogP contribution < -0.4 is 16.4 Å². The van der Waals surface area contributed by atoms with Crippen molar-refractivity contribution in [3.8, 4) is 0 Å². The van der Waals surface area contributed by atoms with Gasteiger partial charge in [-0.3, -0.25) is 4.79 Å². The molecule has 2 unspecified atom stereocenters. The smallest absolute Gasteiger partial charge is 0.241 e. The van der Waals surface area contributed by atoms with Crippen molar-refractivity contribution in [2.75, 3.05) is 36.5 Å². The molecular weight excluding hydrogens is 419 g/mol. The Morgan fingerprint density at radius 3 is 2.89 bits per heavy atom. The van der Waals surface area contributed by atoms with E-state index in [1.54, 1.807) is 12.1 Å². The summed E-state index contributed by atoms with van der Waals surface area (Å²) < 4.78 is 0. The largest absolute Gasteiger partial charge is 0.360 e. The number of hydrogen-bond acceptors (Lipinski definition) is 7. The van der Waals surface area contributed by atoms with Gasteiger partial charge in [-0.05, 0) is 18.6 Å². The number of halogens is 2. The zero-order chi connectivity index (χ0) is 19.7. The van der Waals surface area contributed by atoms with Gasteiger partial charge in [0, 0.05) is 48.1 Å². The Bertz CT molecular complexity index is 885. The van der Waals surface area contributed by atoms with Crippen LogP contribution in [0.2, 0.25) is 10.0 Å². The van der Waals surface area contributed by atoms with Crippen LogP contribution in [0.3, 0.4) is 0 Å². The van der Waals surface area contributed by atoms with Gasteiger partial charge in [0.2, 0.25) is 5.91 Å². The average molecular weight is 441 g/mol. The quantitative estimate of drug-likeness (QED) is 0.653. The molecule has 150 valence electrons. The van der Waals surface area contributed by atoms with Gasteiger partial charge >= 0.3 is 0 Å². The number of fused-ring (bicyclic) bond motifs is 1. The van der Waals surface area contributed by atoms with Crippen LogP contribution in [0.4, 0.5) is 5.82 Å². The van der Waals surface area contributed by atoms with Crippen molar-refractivity contribution in [3.05, 3.63) is 28.5 Å². The van der Waals surface area contributed by atoms with E-state index in [1.807, 2.05) is 16.7 Å². The predicted molar refractivity (Wildman–Crippen MR) is 115 cm³/mol. The van der Waals surface area contributed by atoms with Crippen molar-refractivity contribution < 1.29 is 4.79 Å². The molecule has 2 aliphatic rings. The van der Waals surface area contributed by atoms with Crippen LogP contribution in [-0.4, -0.2) is 70.0 Å². The Labute approximate surface area is 177 Å². The minimum atomic E-state index is 0.0428. The Morgan fingerprint density at radius 1 is 1.29 bits per heavy atom. The van der Waals surface area contributed by atoms with E-state index in [4.69, 9.17) is 28.9 Å². The molecule has 7 nitrogen and oxygen atoms in total. The minimum Gasteiger partial charge on any atom is -0.360 e. The molecule has 0 aliphatic carbocycles. The molecule has 2 aliphatic heterocycles. The fraction of sp³-hybridized carbons (Fsp3) is 0.500. The lowest BCUT2D eigenvalue weighted by Crippen LogP contribution is -2.49. The summed E-state index contributed by atoms with van der Waals surface area (Å²) in [5.41, 5.74) is 6.80. The summed E-state index contributed by atoms with van der Waals surface area (Å²) in [5, 5.41) is 8.33. The molecule has 3 atom stereocenters. The average Bonchev–Trinajstić information content (AvgIpc) is 3.31. The molecule has 0 radical (unpaired) electrons. The maximum Gasteiger partial charge on any atom is 0.241 e. The number of nitrogens with one attached hydrogen (secondary N) is 2. The maximum absolute atomic E-state index is 12.6. The first-order valence-electron chi connectivity index (χ1n) is 9.22. The third-order valence-corrected chi connectivity index (χ3v) is 7.14. The summed E-state index contributed by atoms with van der Waals surface area (Å²) in [7, 11) is 0. The highest BCUT2D eigenvalue weighted by molar-refractivity contribution is 7.99. The van der Waals surface area contributed by atoms with Crippen LogP contribution >= 0.6 is 35.0 Å². The predicted octanol–water partition coefficient (Wildman–Crippen LogP) is 1.98. The van der Waals surface area contributed by atoms with Crippen molar-refractivity contribution >= 4 is 57.6 Å². The first kappa shape index (κ1) is 20.0. The number of benzene rings is 1. The lowest BCUT2D eigenvalue weighted by atomic mass is 10.1. The fourth-order valence-corrected chi connectivity index (χ4v) is 5.19. The van der Waals surface area contributed by atoms with Crippen LogP contribution in [0.25, 0.3) is 10.9 Å². The van der Waals surface area contributed by atoms with Crippen molar-refractivity contribution in [2.24, 2.45) is 5.73 Å². The second-order valence-corrected chi connectivity index (χ2v) is 9.05. The third kappa shape index (κ3) is 4.31. The normalized spacial score (nSPS) is 24.8. The van der Waals surface area contributed by atoms with Gasteiger partial charge in [-0.2, -0.15) is 11.8 Å². The van der Waals surface area contributed by atoms with Crippen molar-refractivity contribution in [1.29, 1.82) is 0 Å². The van der Waals surface area contributed by atoms with Crippen LogP contribution in [0, 0.1) is 0 Å². The Kier molecular flexibility index (Phi) is 6.13. The SMILES string of the molecule is NC1CSCC1N[C@@H]1CCN(C(=O)CNc2ncnc3cc(Cl)c(Cl)cc23)C1. The zero-order valence-electron chi connectivity index (χ0n) is 15.2. The molecule has 2 aromatic rings. The summed E-state index contributed by atoms with van der Waals surface area (Å²) in [5.74, 6) is 2.65. The van der Waals surface area contributed by atoms with Crippen LogP contribution in [-0.2, 0) is 4.79 Å². The number of nitrogens with zero attached hydrogens (tertiary/aromatic N) is 3. The Balaban J connectivity index is 1.35. The number of nitrogens with two attached hydrogens (primary N) is 1. The van der Waals surface area contributed by atoms with Gasteiger partial charge < -0.3 is 21.3 Å². The number of carbonyl (C=O) groups is 1. The number of carbonyl (C=O) groups excluding carboxylic acids is 1. The standard InChI is InChI=1S/C18H22Cl2N6OS/c19-12-3-11-15(4-13(12)20)23-9-24-18(11)22-5-17(27)26-2-1-10(6-26)25-16-8-28-7-14(16)21/h3-4,9-10,14,16,25H,1-2,5-8,21H2,(H,22,23,24)/t10-,14?,16?/m1/s1. The van der Waals surface area contributed by atoms with E-state index < -0.39 is 0 Å². The van der Waals surface area contributed by atoms with Gasteiger partial charge in [-0.15, -0.1) is 0 Å². The first-order chi connectivity index (χ1) is 13.5. The summed E-state index contributed by atoms with van der Waals surface area (Å²) in [6.45, 7) is 1.62. The molecule has 28 heavy (non-hydrogen) atoms. The van der Waals surface area contributed by atoms with Gasteiger partial charge in [0.25, 0.3) is 0 Å². The van der Waals surface area contributed by atoms with E-state index >= 15 is 0 Å². The lowest BCUT2D eigenvalue weighted by molar-refractivity contribution is -0.128. The molecular formula is C18H22Cl2N6OS.